The fraction of sp³-hybridized carbons (Fsp3) is 0.294. The topological polar surface area (TPSA) is 20.2 Å². The molecule has 0 amide bonds. The van der Waals surface area contributed by atoms with Gasteiger partial charge in [-0.15, -0.1) is 0 Å². The second kappa shape index (κ2) is 5.90. The van der Waals surface area contributed by atoms with E-state index in [0.717, 1.165) is 34.4 Å². The van der Waals surface area contributed by atoms with Crippen LogP contribution in [0.25, 0.3) is 0 Å². The summed E-state index contributed by atoms with van der Waals surface area (Å²) in [6.07, 6.45) is -0.864. The third-order valence-electron chi connectivity index (χ3n) is 3.63. The molecule has 2 rings (SSSR count). The summed E-state index contributed by atoms with van der Waals surface area (Å²) >= 11 is 0. The first kappa shape index (κ1) is 15.6. The number of halogens is 3. The molecule has 1 nitrogen and oxygen atoms in total. The summed E-state index contributed by atoms with van der Waals surface area (Å²) in [5.74, 6) is -4.10. The molecule has 0 aliphatic carbocycles. The quantitative estimate of drug-likeness (QED) is 0.837. The largest absolute Gasteiger partial charge is 0.388 e. The van der Waals surface area contributed by atoms with E-state index in [0.29, 0.717) is 0 Å². The molecule has 0 saturated carbocycles. The first-order valence-electron chi connectivity index (χ1n) is 6.69. The zero-order chi connectivity index (χ0) is 15.7. The van der Waals surface area contributed by atoms with E-state index < -0.39 is 23.6 Å². The molecule has 0 heterocycles. The van der Waals surface area contributed by atoms with E-state index in [1.165, 1.54) is 0 Å². The van der Waals surface area contributed by atoms with Gasteiger partial charge >= 0.3 is 0 Å². The van der Waals surface area contributed by atoms with Gasteiger partial charge in [-0.05, 0) is 55.2 Å². The highest BCUT2D eigenvalue weighted by molar-refractivity contribution is 5.38. The summed E-state index contributed by atoms with van der Waals surface area (Å²) in [7, 11) is 0. The Kier molecular flexibility index (Phi) is 4.37. The summed E-state index contributed by atoms with van der Waals surface area (Å²) < 4.78 is 39.4. The standard InChI is InChI=1S/C17H17F3O/c1-9-4-10(2)13(11(3)5-9)8-16(21)12-6-14(18)17(20)15(19)7-12/h4-7,16,21H,8H2,1-3H3. The molecule has 1 unspecified atom stereocenters. The van der Waals surface area contributed by atoms with E-state index in [4.69, 9.17) is 0 Å². The van der Waals surface area contributed by atoms with Crippen molar-refractivity contribution in [2.75, 3.05) is 0 Å². The van der Waals surface area contributed by atoms with Crippen LogP contribution in [-0.2, 0) is 6.42 Å². The number of hydrogen-bond donors (Lipinski definition) is 1. The van der Waals surface area contributed by atoms with Crippen LogP contribution in [-0.4, -0.2) is 5.11 Å². The van der Waals surface area contributed by atoms with Crippen molar-refractivity contribution < 1.29 is 18.3 Å². The maximum Gasteiger partial charge on any atom is 0.194 e. The Hall–Kier alpha value is -1.81. The Labute approximate surface area is 122 Å². The molecule has 0 spiro atoms. The SMILES string of the molecule is Cc1cc(C)c(CC(O)c2cc(F)c(F)c(F)c2)c(C)c1. The summed E-state index contributed by atoms with van der Waals surface area (Å²) in [5.41, 5.74) is 4.09. The van der Waals surface area contributed by atoms with Gasteiger partial charge in [-0.2, -0.15) is 0 Å². The second-order valence-electron chi connectivity index (χ2n) is 5.40. The zero-order valence-electron chi connectivity index (χ0n) is 12.2. The average molecular weight is 294 g/mol. The molecule has 1 N–H and O–H groups in total. The maximum absolute atomic E-state index is 13.2. The summed E-state index contributed by atoms with van der Waals surface area (Å²) in [6, 6.07) is 5.64. The van der Waals surface area contributed by atoms with Gasteiger partial charge in [0, 0.05) is 6.42 Å². The average Bonchev–Trinajstić information content (AvgIpc) is 2.39. The van der Waals surface area contributed by atoms with E-state index in [9.17, 15) is 18.3 Å². The molecule has 4 heteroatoms. The molecular weight excluding hydrogens is 277 g/mol. The Morgan fingerprint density at radius 1 is 0.905 bits per heavy atom. The molecule has 112 valence electrons. The van der Waals surface area contributed by atoms with E-state index in [2.05, 4.69) is 0 Å². The number of hydrogen-bond acceptors (Lipinski definition) is 1. The number of benzene rings is 2. The van der Waals surface area contributed by atoms with Crippen molar-refractivity contribution >= 4 is 0 Å². The summed E-state index contributed by atoms with van der Waals surface area (Å²) in [5, 5.41) is 10.2. The first-order valence-corrected chi connectivity index (χ1v) is 6.69. The van der Waals surface area contributed by atoms with Gasteiger partial charge in [-0.25, -0.2) is 13.2 Å². The highest BCUT2D eigenvalue weighted by Gasteiger charge is 2.17. The summed E-state index contributed by atoms with van der Waals surface area (Å²) in [6.45, 7) is 5.83. The van der Waals surface area contributed by atoms with Crippen molar-refractivity contribution in [3.63, 3.8) is 0 Å². The lowest BCUT2D eigenvalue weighted by Gasteiger charge is -2.16. The lowest BCUT2D eigenvalue weighted by Crippen LogP contribution is -2.07. The molecule has 1 atom stereocenters. The van der Waals surface area contributed by atoms with Crippen molar-refractivity contribution in [1.82, 2.24) is 0 Å². The van der Waals surface area contributed by atoms with E-state index in [1.54, 1.807) is 0 Å². The molecule has 2 aromatic carbocycles. The number of aryl methyl sites for hydroxylation is 3. The Balaban J connectivity index is 2.32. The van der Waals surface area contributed by atoms with Crippen LogP contribution < -0.4 is 0 Å². The van der Waals surface area contributed by atoms with E-state index in [1.807, 2.05) is 32.9 Å². The van der Waals surface area contributed by atoms with Crippen molar-refractivity contribution in [3.8, 4) is 0 Å². The van der Waals surface area contributed by atoms with E-state index in [-0.39, 0.29) is 12.0 Å². The monoisotopic (exact) mass is 294 g/mol. The van der Waals surface area contributed by atoms with Gasteiger partial charge in [0.05, 0.1) is 6.10 Å². The van der Waals surface area contributed by atoms with Crippen LogP contribution in [0.3, 0.4) is 0 Å². The van der Waals surface area contributed by atoms with Crippen molar-refractivity contribution in [2.45, 2.75) is 33.3 Å². The van der Waals surface area contributed by atoms with Crippen LogP contribution in [0.5, 0.6) is 0 Å². The van der Waals surface area contributed by atoms with Crippen LogP contribution in [0, 0.1) is 38.2 Å². The van der Waals surface area contributed by atoms with Gasteiger partial charge in [0.2, 0.25) is 0 Å². The van der Waals surface area contributed by atoms with Crippen LogP contribution in [0.15, 0.2) is 24.3 Å². The molecule has 2 aromatic rings. The highest BCUT2D eigenvalue weighted by Crippen LogP contribution is 2.26. The van der Waals surface area contributed by atoms with E-state index >= 15 is 0 Å². The lowest BCUT2D eigenvalue weighted by molar-refractivity contribution is 0.176. The maximum atomic E-state index is 13.2. The van der Waals surface area contributed by atoms with Gasteiger partial charge in [0.25, 0.3) is 0 Å². The van der Waals surface area contributed by atoms with Crippen molar-refractivity contribution in [1.29, 1.82) is 0 Å². The molecular formula is C17H17F3O. The number of rotatable bonds is 3. The first-order chi connectivity index (χ1) is 9.79. The number of aliphatic hydroxyl groups is 1. The number of aliphatic hydroxyl groups excluding tert-OH is 1. The molecule has 0 aliphatic rings. The molecule has 0 bridgehead atoms. The van der Waals surface area contributed by atoms with Crippen molar-refractivity contribution in [2.24, 2.45) is 0 Å². The van der Waals surface area contributed by atoms with Crippen LogP contribution in [0.4, 0.5) is 13.2 Å². The zero-order valence-corrected chi connectivity index (χ0v) is 12.2. The lowest BCUT2D eigenvalue weighted by atomic mass is 9.93. The highest BCUT2D eigenvalue weighted by atomic mass is 19.2. The molecule has 0 radical (unpaired) electrons. The predicted octanol–water partition coefficient (Wildman–Crippen LogP) is 4.31. The van der Waals surface area contributed by atoms with Crippen LogP contribution in [0.2, 0.25) is 0 Å². The fourth-order valence-corrected chi connectivity index (χ4v) is 2.61. The Bertz CT molecular complexity index is 634. The Morgan fingerprint density at radius 3 is 1.86 bits per heavy atom. The van der Waals surface area contributed by atoms with Gasteiger partial charge in [0.15, 0.2) is 17.5 Å². The van der Waals surface area contributed by atoms with Gasteiger partial charge in [-0.1, -0.05) is 17.7 Å². The van der Waals surface area contributed by atoms with Gasteiger partial charge in [0.1, 0.15) is 0 Å². The molecule has 0 aromatic heterocycles. The van der Waals surface area contributed by atoms with Gasteiger partial charge in [-0.3, -0.25) is 0 Å². The van der Waals surface area contributed by atoms with Crippen molar-refractivity contribution in [3.05, 3.63) is 69.5 Å². The normalized spacial score (nSPS) is 12.5. The molecule has 0 saturated heterocycles. The fourth-order valence-electron chi connectivity index (χ4n) is 2.61. The van der Waals surface area contributed by atoms with Gasteiger partial charge < -0.3 is 5.11 Å². The third kappa shape index (κ3) is 3.27. The van der Waals surface area contributed by atoms with Crippen LogP contribution in [0.1, 0.15) is 33.9 Å². The minimum absolute atomic E-state index is 0.0331. The van der Waals surface area contributed by atoms with Crippen LogP contribution >= 0.6 is 0 Å². The second-order valence-corrected chi connectivity index (χ2v) is 5.40. The predicted molar refractivity (Wildman–Crippen MR) is 75.6 cm³/mol. The minimum Gasteiger partial charge on any atom is -0.388 e. The third-order valence-corrected chi connectivity index (χ3v) is 3.63. The smallest absolute Gasteiger partial charge is 0.194 e. The Morgan fingerprint density at radius 2 is 1.38 bits per heavy atom. The summed E-state index contributed by atoms with van der Waals surface area (Å²) in [4.78, 5) is 0. The molecule has 0 aliphatic heterocycles. The minimum atomic E-state index is -1.52. The molecule has 0 fully saturated rings. The molecule has 21 heavy (non-hydrogen) atoms.